The van der Waals surface area contributed by atoms with Gasteiger partial charge in [0.1, 0.15) is 29.7 Å². The highest BCUT2D eigenvalue weighted by atomic mass is 16.5. The van der Waals surface area contributed by atoms with Gasteiger partial charge in [-0.25, -0.2) is 4.98 Å². The highest BCUT2D eigenvalue weighted by molar-refractivity contribution is 5.86. The van der Waals surface area contributed by atoms with E-state index in [2.05, 4.69) is 15.2 Å². The van der Waals surface area contributed by atoms with E-state index in [1.165, 1.54) is 0 Å². The second-order valence-electron chi connectivity index (χ2n) is 5.62. The van der Waals surface area contributed by atoms with Gasteiger partial charge in [-0.05, 0) is 24.3 Å². The monoisotopic (exact) mass is 336 g/mol. The molecular formula is C18H16N4O3. The number of pyridine rings is 2. The van der Waals surface area contributed by atoms with Crippen LogP contribution in [0.2, 0.25) is 0 Å². The number of aliphatic hydroxyl groups is 2. The number of nitrogens with zero attached hydrogens (tertiary/aromatic N) is 4. The summed E-state index contributed by atoms with van der Waals surface area (Å²) in [5.74, 6) is 1.18. The molecule has 7 nitrogen and oxygen atoms in total. The zero-order chi connectivity index (χ0) is 17.2. The molecule has 7 heteroatoms. The van der Waals surface area contributed by atoms with Gasteiger partial charge in [0.2, 0.25) is 0 Å². The molecule has 0 saturated heterocycles. The van der Waals surface area contributed by atoms with E-state index in [0.29, 0.717) is 22.8 Å². The van der Waals surface area contributed by atoms with Crippen LogP contribution in [0.25, 0.3) is 28.1 Å². The topological polar surface area (TPSA) is 92.8 Å². The Hall–Kier alpha value is -3.03. The maximum absolute atomic E-state index is 9.50. The van der Waals surface area contributed by atoms with Gasteiger partial charge in [-0.15, -0.1) is 10.2 Å². The molecule has 0 bridgehead atoms. The summed E-state index contributed by atoms with van der Waals surface area (Å²) >= 11 is 0. The highest BCUT2D eigenvalue weighted by Gasteiger charge is 2.12. The molecule has 4 rings (SSSR count). The average molecular weight is 336 g/mol. The molecule has 3 heterocycles. The summed E-state index contributed by atoms with van der Waals surface area (Å²) in [7, 11) is 0. The molecule has 0 amide bonds. The summed E-state index contributed by atoms with van der Waals surface area (Å²) in [6, 6.07) is 15.1. The van der Waals surface area contributed by atoms with Gasteiger partial charge in [-0.2, -0.15) is 0 Å². The molecule has 0 saturated carbocycles. The van der Waals surface area contributed by atoms with Crippen molar-refractivity contribution >= 4 is 16.6 Å². The van der Waals surface area contributed by atoms with Crippen LogP contribution in [0.1, 0.15) is 0 Å². The Morgan fingerprint density at radius 1 is 1.04 bits per heavy atom. The van der Waals surface area contributed by atoms with Crippen LogP contribution in [0, 0.1) is 0 Å². The Kier molecular flexibility index (Phi) is 4.01. The molecule has 1 aromatic carbocycles. The maximum atomic E-state index is 9.50. The number of rotatable bonds is 5. The lowest BCUT2D eigenvalue weighted by molar-refractivity contribution is 0.0540. The molecule has 25 heavy (non-hydrogen) atoms. The molecule has 3 aromatic heterocycles. The van der Waals surface area contributed by atoms with Crippen molar-refractivity contribution < 1.29 is 14.9 Å². The van der Waals surface area contributed by atoms with Crippen molar-refractivity contribution in [2.75, 3.05) is 13.2 Å². The minimum absolute atomic E-state index is 0.00458. The van der Waals surface area contributed by atoms with Crippen LogP contribution in [0.4, 0.5) is 0 Å². The smallest absolute Gasteiger partial charge is 0.187 e. The van der Waals surface area contributed by atoms with Gasteiger partial charge in [0.05, 0.1) is 6.61 Å². The van der Waals surface area contributed by atoms with E-state index in [1.807, 2.05) is 53.1 Å². The highest BCUT2D eigenvalue weighted by Crippen LogP contribution is 2.27. The quantitative estimate of drug-likeness (QED) is 0.576. The van der Waals surface area contributed by atoms with E-state index >= 15 is 0 Å². The molecule has 1 unspecified atom stereocenters. The Morgan fingerprint density at radius 2 is 1.96 bits per heavy atom. The Labute approximate surface area is 143 Å². The zero-order valence-corrected chi connectivity index (χ0v) is 13.3. The first-order valence-electron chi connectivity index (χ1n) is 7.88. The van der Waals surface area contributed by atoms with E-state index in [0.717, 1.165) is 11.0 Å². The number of hydrogen-bond acceptors (Lipinski definition) is 6. The summed E-state index contributed by atoms with van der Waals surface area (Å²) in [6.45, 7) is -0.357. The standard InChI is InChI=1S/C18H16N4O3/c23-10-13(24)11-25-15-5-3-4-12-7-8-14(19-17(12)15)18-21-20-16-6-1-2-9-22(16)18/h1-9,13,23-24H,10-11H2. The van der Waals surface area contributed by atoms with Gasteiger partial charge in [-0.1, -0.05) is 24.3 Å². The summed E-state index contributed by atoms with van der Waals surface area (Å²) in [5.41, 5.74) is 2.08. The molecule has 126 valence electrons. The average Bonchev–Trinajstić information content (AvgIpc) is 3.09. The van der Waals surface area contributed by atoms with Crippen LogP contribution in [0.15, 0.2) is 54.7 Å². The number of para-hydroxylation sites is 1. The van der Waals surface area contributed by atoms with Crippen LogP contribution in [0.3, 0.4) is 0 Å². The Morgan fingerprint density at radius 3 is 2.84 bits per heavy atom. The fourth-order valence-electron chi connectivity index (χ4n) is 2.62. The number of fused-ring (bicyclic) bond motifs is 2. The lowest BCUT2D eigenvalue weighted by Crippen LogP contribution is -2.21. The number of ether oxygens (including phenoxy) is 1. The molecular weight excluding hydrogens is 320 g/mol. The van der Waals surface area contributed by atoms with Gasteiger partial charge in [0.25, 0.3) is 0 Å². The summed E-state index contributed by atoms with van der Waals surface area (Å²) in [4.78, 5) is 4.68. The third kappa shape index (κ3) is 2.90. The molecule has 0 aliphatic carbocycles. The van der Waals surface area contributed by atoms with Crippen molar-refractivity contribution in [2.45, 2.75) is 6.10 Å². The van der Waals surface area contributed by atoms with E-state index < -0.39 is 6.10 Å². The predicted octanol–water partition coefficient (Wildman–Crippen LogP) is 1.68. The minimum Gasteiger partial charge on any atom is -0.489 e. The summed E-state index contributed by atoms with van der Waals surface area (Å²) in [5, 5.41) is 27.7. The fourth-order valence-corrected chi connectivity index (χ4v) is 2.62. The van der Waals surface area contributed by atoms with Gasteiger partial charge < -0.3 is 14.9 Å². The van der Waals surface area contributed by atoms with Crippen molar-refractivity contribution in [2.24, 2.45) is 0 Å². The molecule has 1 atom stereocenters. The second-order valence-corrected chi connectivity index (χ2v) is 5.62. The molecule has 0 aliphatic heterocycles. The summed E-state index contributed by atoms with van der Waals surface area (Å²) in [6.07, 6.45) is 0.954. The summed E-state index contributed by atoms with van der Waals surface area (Å²) < 4.78 is 7.48. The molecule has 0 radical (unpaired) electrons. The first-order chi connectivity index (χ1) is 12.3. The largest absolute Gasteiger partial charge is 0.489 e. The molecule has 4 aromatic rings. The predicted molar refractivity (Wildman–Crippen MR) is 92.3 cm³/mol. The van der Waals surface area contributed by atoms with Crippen molar-refractivity contribution in [3.63, 3.8) is 0 Å². The molecule has 0 fully saturated rings. The van der Waals surface area contributed by atoms with Crippen molar-refractivity contribution in [1.29, 1.82) is 0 Å². The lowest BCUT2D eigenvalue weighted by atomic mass is 10.2. The van der Waals surface area contributed by atoms with Crippen LogP contribution in [0.5, 0.6) is 5.75 Å². The normalized spacial score (nSPS) is 12.6. The van der Waals surface area contributed by atoms with E-state index in [4.69, 9.17) is 9.84 Å². The number of aromatic nitrogens is 4. The number of aliphatic hydroxyl groups excluding tert-OH is 2. The van der Waals surface area contributed by atoms with Crippen molar-refractivity contribution in [3.05, 3.63) is 54.7 Å². The van der Waals surface area contributed by atoms with Crippen molar-refractivity contribution in [1.82, 2.24) is 19.6 Å². The van der Waals surface area contributed by atoms with Gasteiger partial charge in [-0.3, -0.25) is 4.40 Å². The lowest BCUT2D eigenvalue weighted by Gasteiger charge is -2.12. The molecule has 0 spiro atoms. The van der Waals surface area contributed by atoms with Crippen molar-refractivity contribution in [3.8, 4) is 17.3 Å². The van der Waals surface area contributed by atoms with E-state index in [-0.39, 0.29) is 13.2 Å². The van der Waals surface area contributed by atoms with Crippen LogP contribution in [-0.4, -0.2) is 49.1 Å². The SMILES string of the molecule is OCC(O)COc1cccc2ccc(-c3nnc4ccccn34)nc12. The first-order valence-corrected chi connectivity index (χ1v) is 7.88. The van der Waals surface area contributed by atoms with E-state index in [9.17, 15) is 5.11 Å². The van der Waals surface area contributed by atoms with Gasteiger partial charge in [0.15, 0.2) is 11.5 Å². The maximum Gasteiger partial charge on any atom is 0.187 e. The van der Waals surface area contributed by atoms with Crippen LogP contribution < -0.4 is 4.74 Å². The van der Waals surface area contributed by atoms with E-state index in [1.54, 1.807) is 6.07 Å². The van der Waals surface area contributed by atoms with Gasteiger partial charge >= 0.3 is 0 Å². The third-order valence-corrected chi connectivity index (χ3v) is 3.87. The number of benzene rings is 1. The second kappa shape index (κ2) is 6.46. The fraction of sp³-hybridized carbons (Fsp3) is 0.167. The molecule has 2 N–H and O–H groups in total. The third-order valence-electron chi connectivity index (χ3n) is 3.87. The Bertz CT molecular complexity index is 1030. The molecule has 0 aliphatic rings. The Balaban J connectivity index is 1.78. The first kappa shape index (κ1) is 15.5. The van der Waals surface area contributed by atoms with Crippen LogP contribution in [-0.2, 0) is 0 Å². The zero-order valence-electron chi connectivity index (χ0n) is 13.3. The minimum atomic E-state index is -0.932. The number of hydrogen-bond donors (Lipinski definition) is 2. The van der Waals surface area contributed by atoms with Gasteiger partial charge in [0, 0.05) is 11.6 Å². The van der Waals surface area contributed by atoms with Crippen LogP contribution >= 0.6 is 0 Å².